The topological polar surface area (TPSA) is 126 Å². The van der Waals surface area contributed by atoms with E-state index in [1.165, 1.54) is 0 Å². The Morgan fingerprint density at radius 3 is 0.846 bits per heavy atom. The quantitative estimate of drug-likeness (QED) is 0.0907. The summed E-state index contributed by atoms with van der Waals surface area (Å²) in [6, 6.07) is 39.5. The van der Waals surface area contributed by atoms with Gasteiger partial charge in [0.15, 0.2) is 37.3 Å². The van der Waals surface area contributed by atoms with Crippen molar-refractivity contribution in [3.8, 4) is 80.1 Å². The molecule has 2 aliphatic heterocycles. The third-order valence-corrected chi connectivity index (χ3v) is 25.6. The predicted molar refractivity (Wildman–Crippen MR) is 430 cm³/mol. The van der Waals surface area contributed by atoms with Crippen LogP contribution in [0.4, 0.5) is 0 Å². The van der Waals surface area contributed by atoms with Gasteiger partial charge >= 0.3 is 0 Å². The van der Waals surface area contributed by atoms with Crippen LogP contribution >= 0.6 is 14.3 Å². The van der Waals surface area contributed by atoms with Gasteiger partial charge in [0.25, 0.3) is 0 Å². The number of hydrogen-bond acceptors (Lipinski definition) is 12. The molecule has 0 fully saturated rings. The largest absolute Gasteiger partial charge is 0.496 e. The molecular weight excluding hydrogens is 1330 g/mol. The van der Waals surface area contributed by atoms with E-state index in [1.807, 2.05) is 100 Å². The second kappa shape index (κ2) is 26.6. The second-order valence-electron chi connectivity index (χ2n) is 37.4. The van der Waals surface area contributed by atoms with E-state index in [9.17, 15) is 0 Å². The summed E-state index contributed by atoms with van der Waals surface area (Å²) in [4.78, 5) is 0. The standard InChI is InChI=1S/C90H116O12P2/c1-81(2,3)60-43-55(44-61(73(60)93-29)82(4,5)6)103(91,56-45-62(83(7,8)9)74(94-30)63(46-56)84(10,11)12)69-52-68(97-53-39-35-33-36-40-53)77-79(101-90(27,28)100-77)71(69)59-51-70(78(98-54-41-37-34-38-42-54)80-72(59)99-89(25,26)102-80)104(92,57-47-64(85(13,14)15)75(95-31)65(48-57)86(16,17)18)58-49-66(87(19,20)21)76(96-32)67(50-58)88(22,23)24/h33-52H,1-32H3. The first-order chi connectivity index (χ1) is 47.6. The maximum absolute atomic E-state index is 19.8. The van der Waals surface area contributed by atoms with E-state index in [2.05, 4.69) is 215 Å². The van der Waals surface area contributed by atoms with Crippen molar-refractivity contribution < 1.29 is 56.5 Å². The number of hydrogen-bond donors (Lipinski definition) is 0. The lowest BCUT2D eigenvalue weighted by atomic mass is 9.79. The van der Waals surface area contributed by atoms with Crippen LogP contribution in [0.15, 0.2) is 121 Å². The molecule has 0 saturated heterocycles. The first-order valence-electron chi connectivity index (χ1n) is 36.5. The molecule has 0 saturated carbocycles. The van der Waals surface area contributed by atoms with Crippen molar-refractivity contribution in [2.45, 2.75) is 249 Å². The van der Waals surface area contributed by atoms with E-state index in [4.69, 9.17) is 47.4 Å². The number of fused-ring (bicyclic) bond motifs is 2. The lowest BCUT2D eigenvalue weighted by molar-refractivity contribution is -0.0448. The summed E-state index contributed by atoms with van der Waals surface area (Å²) in [6.45, 7) is 59.2. The molecule has 0 spiro atoms. The minimum atomic E-state index is -4.60. The van der Waals surface area contributed by atoms with E-state index in [1.54, 1.807) is 28.4 Å². The highest BCUT2D eigenvalue weighted by Crippen LogP contribution is 2.64. The maximum Gasteiger partial charge on any atom is 0.246 e. The van der Waals surface area contributed by atoms with Crippen LogP contribution in [-0.4, -0.2) is 40.0 Å². The Balaban J connectivity index is 1.58. The van der Waals surface area contributed by atoms with Crippen molar-refractivity contribution in [1.82, 2.24) is 0 Å². The van der Waals surface area contributed by atoms with E-state index in [-0.39, 0.29) is 39.8 Å². The summed E-state index contributed by atoms with van der Waals surface area (Å²) in [5, 5.41) is 2.60. The van der Waals surface area contributed by atoms with Gasteiger partial charge in [-0.25, -0.2) is 0 Å². The molecule has 12 nitrogen and oxygen atoms in total. The van der Waals surface area contributed by atoms with Gasteiger partial charge in [-0.1, -0.05) is 203 Å². The molecule has 0 N–H and O–H groups in total. The van der Waals surface area contributed by atoms with Gasteiger partial charge in [0, 0.05) is 110 Å². The van der Waals surface area contributed by atoms with Crippen LogP contribution in [0.1, 0.15) is 238 Å². The van der Waals surface area contributed by atoms with E-state index in [0.717, 1.165) is 44.5 Å². The monoisotopic (exact) mass is 1450 g/mol. The minimum Gasteiger partial charge on any atom is -0.496 e. The zero-order chi connectivity index (χ0) is 77.4. The van der Waals surface area contributed by atoms with Crippen LogP contribution in [0.5, 0.6) is 69.0 Å². The Kier molecular flexibility index (Phi) is 20.2. The Hall–Kier alpha value is -7.78. The smallest absolute Gasteiger partial charge is 0.246 e. The van der Waals surface area contributed by atoms with Gasteiger partial charge in [-0.2, -0.15) is 0 Å². The molecule has 8 aromatic carbocycles. The highest BCUT2D eigenvalue weighted by atomic mass is 31.2. The predicted octanol–water partition coefficient (Wildman–Crippen LogP) is 21.6. The maximum atomic E-state index is 19.8. The van der Waals surface area contributed by atoms with E-state index in [0.29, 0.717) is 72.1 Å². The van der Waals surface area contributed by atoms with Crippen molar-refractivity contribution in [3.63, 3.8) is 0 Å². The van der Waals surface area contributed by atoms with Gasteiger partial charge < -0.3 is 56.5 Å². The fraction of sp³-hybridized carbons (Fsp3) is 0.467. The van der Waals surface area contributed by atoms with Gasteiger partial charge in [0.05, 0.1) is 33.7 Å². The van der Waals surface area contributed by atoms with Gasteiger partial charge in [-0.05, 0) is 128 Å². The van der Waals surface area contributed by atoms with Gasteiger partial charge in [-0.15, -0.1) is 0 Å². The zero-order valence-corrected chi connectivity index (χ0v) is 70.1. The molecule has 2 aliphatic rings. The molecule has 0 aromatic heterocycles. The second-order valence-corrected chi connectivity index (χ2v) is 42.9. The first-order valence-corrected chi connectivity index (χ1v) is 39.9. The Morgan fingerprint density at radius 1 is 0.298 bits per heavy atom. The fourth-order valence-electron chi connectivity index (χ4n) is 14.3. The van der Waals surface area contributed by atoms with Crippen LogP contribution in [-0.2, 0) is 52.5 Å². The molecule has 0 unspecified atom stereocenters. The number of ether oxygens (including phenoxy) is 10. The lowest BCUT2D eigenvalue weighted by Gasteiger charge is -2.35. The Morgan fingerprint density at radius 2 is 0.558 bits per heavy atom. The summed E-state index contributed by atoms with van der Waals surface area (Å²) in [5.74, 6) is 2.20. The SMILES string of the molecule is COc1c(C(C)(C)C)cc(P(=O)(c2cc(C(C)(C)C)c(OC)c(C(C)(C)C)c2)c2cc(-c3c(P(=O)(c4cc(C(C)(C)C)c(OC)c(C(C)(C)C)c4)c4cc(C(C)(C)C)c(OC)c(C(C)(C)C)c4)cc(Oc4ccccc4)c4c3OC(C)(C)O4)c3c(c2Oc2ccccc2)OC(C)(C)O3)cc1C(C)(C)C. The van der Waals surface area contributed by atoms with Gasteiger partial charge in [-0.3, -0.25) is 0 Å². The van der Waals surface area contributed by atoms with Crippen molar-refractivity contribution in [3.05, 3.63) is 166 Å². The minimum absolute atomic E-state index is 0.155. The Labute approximate surface area is 622 Å². The normalized spacial score (nSPS) is 14.9. The molecule has 0 atom stereocenters. The molecule has 2 heterocycles. The number of methoxy groups -OCH3 is 4. The lowest BCUT2D eigenvalue weighted by Crippen LogP contribution is -2.33. The molecule has 10 rings (SSSR count). The van der Waals surface area contributed by atoms with Crippen LogP contribution in [0.2, 0.25) is 0 Å². The van der Waals surface area contributed by atoms with Crippen LogP contribution in [0.3, 0.4) is 0 Å². The molecular formula is C90H116O12P2. The van der Waals surface area contributed by atoms with E-state index >= 15 is 9.13 Å². The van der Waals surface area contributed by atoms with Gasteiger partial charge in [0.2, 0.25) is 23.1 Å². The van der Waals surface area contributed by atoms with Gasteiger partial charge in [0.1, 0.15) is 34.5 Å². The molecule has 0 aliphatic carbocycles. The molecule has 0 amide bonds. The van der Waals surface area contributed by atoms with Crippen LogP contribution < -0.4 is 79.2 Å². The average molecular weight is 1450 g/mol. The summed E-state index contributed by atoms with van der Waals surface area (Å²) in [6.07, 6.45) is 0. The summed E-state index contributed by atoms with van der Waals surface area (Å²) in [5.41, 5.74) is 3.00. The number of rotatable bonds is 15. The average Bonchev–Trinajstić information content (AvgIpc) is 1.16. The fourth-order valence-corrected chi connectivity index (χ4v) is 20.1. The molecule has 0 bridgehead atoms. The third-order valence-electron chi connectivity index (χ3n) is 19.7. The van der Waals surface area contributed by atoms with Crippen LogP contribution in [0.25, 0.3) is 11.1 Å². The number of para-hydroxylation sites is 2. The summed E-state index contributed by atoms with van der Waals surface area (Å²) >= 11 is 0. The molecule has 0 radical (unpaired) electrons. The highest BCUT2D eigenvalue weighted by molar-refractivity contribution is 7.86. The highest BCUT2D eigenvalue weighted by Gasteiger charge is 2.51. The molecule has 104 heavy (non-hydrogen) atoms. The Bertz CT molecular complexity index is 4410. The van der Waals surface area contributed by atoms with Crippen molar-refractivity contribution in [2.24, 2.45) is 0 Å². The number of benzene rings is 8. The van der Waals surface area contributed by atoms with Crippen LogP contribution in [0, 0.1) is 0 Å². The third kappa shape index (κ3) is 14.7. The zero-order valence-electron chi connectivity index (χ0n) is 68.3. The summed E-state index contributed by atoms with van der Waals surface area (Å²) < 4.78 is 110. The summed E-state index contributed by atoms with van der Waals surface area (Å²) in [7, 11) is -2.33. The van der Waals surface area contributed by atoms with Crippen molar-refractivity contribution >= 4 is 46.1 Å². The van der Waals surface area contributed by atoms with Crippen molar-refractivity contribution in [2.75, 3.05) is 28.4 Å². The van der Waals surface area contributed by atoms with Crippen molar-refractivity contribution in [1.29, 1.82) is 0 Å². The molecule has 8 aromatic rings. The van der Waals surface area contributed by atoms with E-state index < -0.39 is 69.2 Å². The molecule has 14 heteroatoms. The first kappa shape index (κ1) is 78.8. The molecule has 558 valence electrons.